The van der Waals surface area contributed by atoms with E-state index in [0.717, 1.165) is 50.9 Å². The third-order valence-electron chi connectivity index (χ3n) is 4.35. The van der Waals surface area contributed by atoms with Crippen LogP contribution in [0, 0.1) is 17.8 Å². The first-order valence-corrected chi connectivity index (χ1v) is 7.32. The van der Waals surface area contributed by atoms with Crippen molar-refractivity contribution in [2.45, 2.75) is 38.5 Å². The lowest BCUT2D eigenvalue weighted by Gasteiger charge is -2.30. The summed E-state index contributed by atoms with van der Waals surface area (Å²) in [5.41, 5.74) is 0. The Hall–Kier alpha value is -0.570. The van der Waals surface area contributed by atoms with Crippen molar-refractivity contribution in [1.29, 1.82) is 0 Å². The molecular formula is C14H24N2O. The van der Waals surface area contributed by atoms with Crippen molar-refractivity contribution in [3.05, 3.63) is 0 Å². The molecule has 1 N–H and O–H groups in total. The molecule has 1 saturated heterocycles. The molecule has 0 aromatic rings. The van der Waals surface area contributed by atoms with Gasteiger partial charge in [-0.3, -0.25) is 4.79 Å². The van der Waals surface area contributed by atoms with Crippen molar-refractivity contribution >= 4 is 5.91 Å². The van der Waals surface area contributed by atoms with Gasteiger partial charge in [0.25, 0.3) is 0 Å². The van der Waals surface area contributed by atoms with Crippen LogP contribution >= 0.6 is 0 Å². The van der Waals surface area contributed by atoms with Gasteiger partial charge < -0.3 is 10.2 Å². The van der Waals surface area contributed by atoms with E-state index in [1.54, 1.807) is 0 Å². The molecule has 3 nitrogen and oxygen atoms in total. The van der Waals surface area contributed by atoms with Crippen molar-refractivity contribution in [1.82, 2.24) is 10.2 Å². The molecule has 1 heterocycles. The van der Waals surface area contributed by atoms with Gasteiger partial charge in [-0.05, 0) is 63.5 Å². The molecular weight excluding hydrogens is 212 g/mol. The van der Waals surface area contributed by atoms with Gasteiger partial charge >= 0.3 is 0 Å². The van der Waals surface area contributed by atoms with Crippen molar-refractivity contribution in [3.8, 4) is 0 Å². The zero-order chi connectivity index (χ0) is 11.7. The maximum absolute atomic E-state index is 12.5. The molecule has 1 amide bonds. The zero-order valence-corrected chi connectivity index (χ0v) is 10.7. The lowest BCUT2D eigenvalue weighted by molar-refractivity contribution is -0.136. The highest BCUT2D eigenvalue weighted by atomic mass is 16.2. The standard InChI is InChI=1S/C14H24N2O/c17-14(13-5-7-15-8-6-13)16(9-11-1-2-11)10-12-3-4-12/h11-13,15H,1-10H2. The van der Waals surface area contributed by atoms with Gasteiger partial charge in [-0.1, -0.05) is 0 Å². The molecule has 0 atom stereocenters. The van der Waals surface area contributed by atoms with Crippen LogP contribution in [0.2, 0.25) is 0 Å². The fourth-order valence-corrected chi connectivity index (χ4v) is 2.81. The van der Waals surface area contributed by atoms with Gasteiger partial charge in [0, 0.05) is 19.0 Å². The van der Waals surface area contributed by atoms with E-state index in [4.69, 9.17) is 0 Å². The molecule has 0 unspecified atom stereocenters. The molecule has 1 aliphatic heterocycles. The van der Waals surface area contributed by atoms with Crippen LogP contribution in [-0.2, 0) is 4.79 Å². The van der Waals surface area contributed by atoms with Gasteiger partial charge in [0.15, 0.2) is 0 Å². The fraction of sp³-hybridized carbons (Fsp3) is 0.929. The topological polar surface area (TPSA) is 32.3 Å². The maximum atomic E-state index is 12.5. The van der Waals surface area contributed by atoms with Crippen LogP contribution in [-0.4, -0.2) is 37.0 Å². The van der Waals surface area contributed by atoms with Gasteiger partial charge in [-0.15, -0.1) is 0 Å². The highest BCUT2D eigenvalue weighted by Crippen LogP contribution is 2.34. The van der Waals surface area contributed by atoms with E-state index in [2.05, 4.69) is 10.2 Å². The van der Waals surface area contributed by atoms with E-state index in [-0.39, 0.29) is 0 Å². The Labute approximate surface area is 104 Å². The number of nitrogens with one attached hydrogen (secondary N) is 1. The summed E-state index contributed by atoms with van der Waals surface area (Å²) in [5, 5.41) is 3.34. The normalized spacial score (nSPS) is 25.9. The van der Waals surface area contributed by atoms with Gasteiger partial charge in [0.2, 0.25) is 5.91 Å². The number of amides is 1. The second-order valence-electron chi connectivity index (χ2n) is 6.15. The molecule has 3 fully saturated rings. The van der Waals surface area contributed by atoms with Crippen LogP contribution in [0.4, 0.5) is 0 Å². The highest BCUT2D eigenvalue weighted by molar-refractivity contribution is 5.79. The molecule has 2 saturated carbocycles. The molecule has 0 radical (unpaired) electrons. The second kappa shape index (κ2) is 4.97. The third-order valence-corrected chi connectivity index (χ3v) is 4.35. The molecule has 3 heteroatoms. The minimum absolute atomic E-state index is 0.314. The van der Waals surface area contributed by atoms with E-state index >= 15 is 0 Å². The Bertz CT molecular complexity index is 264. The molecule has 3 rings (SSSR count). The first-order valence-electron chi connectivity index (χ1n) is 7.32. The first-order chi connectivity index (χ1) is 8.33. The first kappa shape index (κ1) is 11.5. The van der Waals surface area contributed by atoms with E-state index in [1.807, 2.05) is 0 Å². The predicted octanol–water partition coefficient (Wildman–Crippen LogP) is 1.63. The van der Waals surface area contributed by atoms with Crippen molar-refractivity contribution in [2.24, 2.45) is 17.8 Å². The number of rotatable bonds is 5. The summed E-state index contributed by atoms with van der Waals surface area (Å²) in [4.78, 5) is 14.7. The molecule has 0 aromatic heterocycles. The van der Waals surface area contributed by atoms with Gasteiger partial charge in [0.1, 0.15) is 0 Å². The molecule has 17 heavy (non-hydrogen) atoms. The second-order valence-corrected chi connectivity index (χ2v) is 6.15. The Morgan fingerprint density at radius 2 is 1.47 bits per heavy atom. The number of nitrogens with zero attached hydrogens (tertiary/aromatic N) is 1. The predicted molar refractivity (Wildman–Crippen MR) is 67.6 cm³/mol. The molecule has 2 aliphatic carbocycles. The molecule has 0 spiro atoms. The third kappa shape index (κ3) is 3.21. The minimum atomic E-state index is 0.314. The molecule has 0 aromatic carbocycles. The maximum Gasteiger partial charge on any atom is 0.225 e. The van der Waals surface area contributed by atoms with Crippen LogP contribution in [0.5, 0.6) is 0 Å². The largest absolute Gasteiger partial charge is 0.342 e. The summed E-state index contributed by atoms with van der Waals surface area (Å²) in [7, 11) is 0. The number of hydrogen-bond donors (Lipinski definition) is 1. The van der Waals surface area contributed by atoms with E-state index < -0.39 is 0 Å². The van der Waals surface area contributed by atoms with Crippen LogP contribution in [0.1, 0.15) is 38.5 Å². The van der Waals surface area contributed by atoms with E-state index in [9.17, 15) is 4.79 Å². The van der Waals surface area contributed by atoms with Crippen LogP contribution in [0.25, 0.3) is 0 Å². The number of hydrogen-bond acceptors (Lipinski definition) is 2. The summed E-state index contributed by atoms with van der Waals surface area (Å²) in [6.45, 7) is 4.16. The fourth-order valence-electron chi connectivity index (χ4n) is 2.81. The van der Waals surface area contributed by atoms with Gasteiger partial charge in [-0.2, -0.15) is 0 Å². The minimum Gasteiger partial charge on any atom is -0.342 e. The zero-order valence-electron chi connectivity index (χ0n) is 10.7. The molecule has 0 bridgehead atoms. The summed E-state index contributed by atoms with van der Waals surface area (Å²) in [6.07, 6.45) is 7.48. The smallest absolute Gasteiger partial charge is 0.225 e. The highest BCUT2D eigenvalue weighted by Gasteiger charge is 2.34. The summed E-state index contributed by atoms with van der Waals surface area (Å²) in [5.74, 6) is 2.44. The van der Waals surface area contributed by atoms with Crippen LogP contribution in [0.15, 0.2) is 0 Å². The monoisotopic (exact) mass is 236 g/mol. The van der Waals surface area contributed by atoms with Gasteiger partial charge in [-0.25, -0.2) is 0 Å². The summed E-state index contributed by atoms with van der Waals surface area (Å²) in [6, 6.07) is 0. The van der Waals surface area contributed by atoms with E-state index in [1.165, 1.54) is 25.7 Å². The molecule has 96 valence electrons. The number of carbonyl (C=O) groups excluding carboxylic acids is 1. The van der Waals surface area contributed by atoms with Crippen LogP contribution < -0.4 is 5.32 Å². The summed E-state index contributed by atoms with van der Waals surface area (Å²) < 4.78 is 0. The Morgan fingerprint density at radius 3 is 1.94 bits per heavy atom. The van der Waals surface area contributed by atoms with E-state index in [0.29, 0.717) is 11.8 Å². The quantitative estimate of drug-likeness (QED) is 0.787. The average Bonchev–Trinajstić information content (AvgIpc) is 3.23. The number of carbonyl (C=O) groups is 1. The van der Waals surface area contributed by atoms with Crippen molar-refractivity contribution in [2.75, 3.05) is 26.2 Å². The number of piperidine rings is 1. The average molecular weight is 236 g/mol. The SMILES string of the molecule is O=C(C1CCNCC1)N(CC1CC1)CC1CC1. The van der Waals surface area contributed by atoms with Crippen molar-refractivity contribution in [3.63, 3.8) is 0 Å². The Morgan fingerprint density at radius 1 is 0.941 bits per heavy atom. The summed E-state index contributed by atoms with van der Waals surface area (Å²) >= 11 is 0. The van der Waals surface area contributed by atoms with Crippen LogP contribution in [0.3, 0.4) is 0 Å². The lowest BCUT2D eigenvalue weighted by atomic mass is 9.96. The Balaban J connectivity index is 1.56. The van der Waals surface area contributed by atoms with Crippen molar-refractivity contribution < 1.29 is 4.79 Å². The Kier molecular flexibility index (Phi) is 3.37. The lowest BCUT2D eigenvalue weighted by Crippen LogP contribution is -2.42. The van der Waals surface area contributed by atoms with Gasteiger partial charge in [0.05, 0.1) is 0 Å². The molecule has 3 aliphatic rings.